The van der Waals surface area contributed by atoms with Crippen LogP contribution in [0.15, 0.2) is 11.4 Å². The van der Waals surface area contributed by atoms with Crippen molar-refractivity contribution in [1.29, 1.82) is 0 Å². The summed E-state index contributed by atoms with van der Waals surface area (Å²) in [5.41, 5.74) is 0. The molecule has 1 aromatic heterocycles. The Balaban J connectivity index is 2.93. The Morgan fingerprint density at radius 2 is 2.33 bits per heavy atom. The molecule has 0 aliphatic carbocycles. The number of rotatable bonds is 2. The second-order valence-corrected chi connectivity index (χ2v) is 3.27. The summed E-state index contributed by atoms with van der Waals surface area (Å²) in [7, 11) is 3.33. The molecule has 0 N–H and O–H groups in total. The van der Waals surface area contributed by atoms with Gasteiger partial charge in [0.2, 0.25) is 5.91 Å². The summed E-state index contributed by atoms with van der Waals surface area (Å²) in [6.45, 7) is 1.53. The number of carbonyl (C=O) groups excluding carboxylic acids is 1. The van der Waals surface area contributed by atoms with Crippen LogP contribution in [0.4, 0.5) is 5.00 Å². The van der Waals surface area contributed by atoms with Gasteiger partial charge in [-0.2, -0.15) is 0 Å². The summed E-state index contributed by atoms with van der Waals surface area (Å²) < 4.78 is 5.07. The van der Waals surface area contributed by atoms with Gasteiger partial charge < -0.3 is 9.64 Å². The van der Waals surface area contributed by atoms with Crippen molar-refractivity contribution in [3.8, 4) is 5.75 Å². The van der Waals surface area contributed by atoms with Gasteiger partial charge in [0.1, 0.15) is 5.00 Å². The standard InChI is InChI=1S/C8H11NO2S/c1-6(10)9(2)8-7(11-3)4-5-12-8/h4-5H,1-3H3. The van der Waals surface area contributed by atoms with E-state index >= 15 is 0 Å². The SMILES string of the molecule is COc1ccsc1N(C)C(C)=O. The number of thiophene rings is 1. The van der Waals surface area contributed by atoms with Gasteiger partial charge in [0.05, 0.1) is 7.11 Å². The van der Waals surface area contributed by atoms with E-state index in [9.17, 15) is 4.79 Å². The number of amides is 1. The normalized spacial score (nSPS) is 9.58. The molecule has 66 valence electrons. The topological polar surface area (TPSA) is 29.5 Å². The number of nitrogens with zero attached hydrogens (tertiary/aromatic N) is 1. The first-order chi connectivity index (χ1) is 5.66. The lowest BCUT2D eigenvalue weighted by molar-refractivity contribution is -0.116. The molecule has 0 aliphatic heterocycles. The maximum atomic E-state index is 11.0. The smallest absolute Gasteiger partial charge is 0.224 e. The van der Waals surface area contributed by atoms with Crippen molar-refractivity contribution in [2.45, 2.75) is 6.92 Å². The van der Waals surface area contributed by atoms with E-state index in [1.807, 2.05) is 11.4 Å². The summed E-state index contributed by atoms with van der Waals surface area (Å²) in [5, 5.41) is 2.75. The Kier molecular flexibility index (Phi) is 2.70. The Labute approximate surface area is 75.6 Å². The Bertz CT molecular complexity index is 282. The molecule has 3 nitrogen and oxygen atoms in total. The van der Waals surface area contributed by atoms with Gasteiger partial charge in [0.25, 0.3) is 0 Å². The van der Waals surface area contributed by atoms with Gasteiger partial charge in [0.15, 0.2) is 5.75 Å². The van der Waals surface area contributed by atoms with Crippen molar-refractivity contribution in [3.63, 3.8) is 0 Å². The molecule has 0 atom stereocenters. The fraction of sp³-hybridized carbons (Fsp3) is 0.375. The predicted molar refractivity (Wildman–Crippen MR) is 50.0 cm³/mol. The fourth-order valence-electron chi connectivity index (χ4n) is 0.832. The van der Waals surface area contributed by atoms with E-state index in [-0.39, 0.29) is 5.91 Å². The lowest BCUT2D eigenvalue weighted by Crippen LogP contribution is -2.22. The van der Waals surface area contributed by atoms with Crippen LogP contribution in [0.3, 0.4) is 0 Å². The molecule has 0 unspecified atom stereocenters. The molecule has 0 aliphatic rings. The van der Waals surface area contributed by atoms with Crippen LogP contribution in [-0.4, -0.2) is 20.1 Å². The van der Waals surface area contributed by atoms with Crippen LogP contribution in [0, 0.1) is 0 Å². The highest BCUT2D eigenvalue weighted by Gasteiger charge is 2.12. The third-order valence-electron chi connectivity index (χ3n) is 1.61. The van der Waals surface area contributed by atoms with E-state index < -0.39 is 0 Å². The molecule has 4 heteroatoms. The highest BCUT2D eigenvalue weighted by atomic mass is 32.1. The third kappa shape index (κ3) is 1.58. The van der Waals surface area contributed by atoms with Crippen molar-refractivity contribution in [3.05, 3.63) is 11.4 Å². The first-order valence-corrected chi connectivity index (χ1v) is 4.40. The van der Waals surface area contributed by atoms with Crippen molar-refractivity contribution in [2.75, 3.05) is 19.1 Å². The zero-order chi connectivity index (χ0) is 9.14. The van der Waals surface area contributed by atoms with Crippen molar-refractivity contribution in [2.24, 2.45) is 0 Å². The summed E-state index contributed by atoms with van der Waals surface area (Å²) in [6.07, 6.45) is 0. The summed E-state index contributed by atoms with van der Waals surface area (Å²) in [4.78, 5) is 12.6. The van der Waals surface area contributed by atoms with Crippen LogP contribution in [-0.2, 0) is 4.79 Å². The molecule has 0 bridgehead atoms. The molecule has 0 radical (unpaired) electrons. The van der Waals surface area contributed by atoms with Crippen molar-refractivity contribution >= 4 is 22.2 Å². The average Bonchev–Trinajstić information content (AvgIpc) is 2.49. The predicted octanol–water partition coefficient (Wildman–Crippen LogP) is 1.74. The minimum Gasteiger partial charge on any atom is -0.494 e. The van der Waals surface area contributed by atoms with E-state index in [2.05, 4.69) is 0 Å². The number of ether oxygens (including phenoxy) is 1. The Morgan fingerprint density at radius 1 is 1.67 bits per heavy atom. The van der Waals surface area contributed by atoms with Crippen LogP contribution in [0.5, 0.6) is 5.75 Å². The minimum atomic E-state index is 0.00995. The van der Waals surface area contributed by atoms with Crippen LogP contribution >= 0.6 is 11.3 Å². The van der Waals surface area contributed by atoms with E-state index in [4.69, 9.17) is 4.74 Å². The van der Waals surface area contributed by atoms with Gasteiger partial charge in [-0.1, -0.05) is 0 Å². The molecule has 12 heavy (non-hydrogen) atoms. The van der Waals surface area contributed by atoms with Gasteiger partial charge >= 0.3 is 0 Å². The molecule has 0 fully saturated rings. The molecule has 1 heterocycles. The van der Waals surface area contributed by atoms with Gasteiger partial charge in [0, 0.05) is 14.0 Å². The molecule has 0 aromatic carbocycles. The molecule has 1 amide bonds. The number of carbonyl (C=O) groups is 1. The second-order valence-electron chi connectivity index (χ2n) is 2.37. The highest BCUT2D eigenvalue weighted by molar-refractivity contribution is 7.14. The molecule has 1 aromatic rings. The Morgan fingerprint density at radius 3 is 2.83 bits per heavy atom. The summed E-state index contributed by atoms with van der Waals surface area (Å²) in [6, 6.07) is 1.85. The molecule has 0 spiro atoms. The first kappa shape index (κ1) is 9.06. The largest absolute Gasteiger partial charge is 0.494 e. The zero-order valence-corrected chi connectivity index (χ0v) is 8.14. The molecule has 0 saturated heterocycles. The van der Waals surface area contributed by atoms with Gasteiger partial charge in [-0.15, -0.1) is 11.3 Å². The molecular formula is C8H11NO2S. The number of hydrogen-bond acceptors (Lipinski definition) is 3. The van der Waals surface area contributed by atoms with Crippen molar-refractivity contribution in [1.82, 2.24) is 0 Å². The van der Waals surface area contributed by atoms with E-state index in [0.29, 0.717) is 0 Å². The zero-order valence-electron chi connectivity index (χ0n) is 7.33. The number of hydrogen-bond donors (Lipinski definition) is 0. The second kappa shape index (κ2) is 3.58. The fourth-order valence-corrected chi connectivity index (χ4v) is 1.71. The van der Waals surface area contributed by atoms with Crippen LogP contribution < -0.4 is 9.64 Å². The number of anilines is 1. The quantitative estimate of drug-likeness (QED) is 0.702. The van der Waals surface area contributed by atoms with Gasteiger partial charge in [-0.3, -0.25) is 4.79 Å². The van der Waals surface area contributed by atoms with Gasteiger partial charge in [-0.25, -0.2) is 0 Å². The minimum absolute atomic E-state index is 0.00995. The lowest BCUT2D eigenvalue weighted by Gasteiger charge is -2.13. The van der Waals surface area contributed by atoms with Crippen LogP contribution in [0.1, 0.15) is 6.92 Å². The maximum absolute atomic E-state index is 11.0. The third-order valence-corrected chi connectivity index (χ3v) is 2.58. The molecule has 1 rings (SSSR count). The number of methoxy groups -OCH3 is 1. The maximum Gasteiger partial charge on any atom is 0.224 e. The lowest BCUT2D eigenvalue weighted by atomic mass is 10.5. The highest BCUT2D eigenvalue weighted by Crippen LogP contribution is 2.33. The Hall–Kier alpha value is -1.03. The first-order valence-electron chi connectivity index (χ1n) is 3.52. The van der Waals surface area contributed by atoms with Crippen LogP contribution in [0.2, 0.25) is 0 Å². The summed E-state index contributed by atoms with van der Waals surface area (Å²) >= 11 is 1.49. The van der Waals surface area contributed by atoms with Gasteiger partial charge in [-0.05, 0) is 11.4 Å². The van der Waals surface area contributed by atoms with E-state index in [0.717, 1.165) is 10.8 Å². The van der Waals surface area contributed by atoms with Crippen molar-refractivity contribution < 1.29 is 9.53 Å². The monoisotopic (exact) mass is 185 g/mol. The van der Waals surface area contributed by atoms with E-state index in [1.54, 1.807) is 19.1 Å². The summed E-state index contributed by atoms with van der Waals surface area (Å²) in [5.74, 6) is 0.758. The molecular weight excluding hydrogens is 174 g/mol. The van der Waals surface area contributed by atoms with Crippen LogP contribution in [0.25, 0.3) is 0 Å². The average molecular weight is 185 g/mol. The molecule has 0 saturated carbocycles. The van der Waals surface area contributed by atoms with E-state index in [1.165, 1.54) is 18.3 Å².